The van der Waals surface area contributed by atoms with Gasteiger partial charge in [-0.1, -0.05) is 11.8 Å². The van der Waals surface area contributed by atoms with Crippen LogP contribution in [0, 0.1) is 5.82 Å². The zero-order valence-corrected chi connectivity index (χ0v) is 17.3. The van der Waals surface area contributed by atoms with E-state index in [2.05, 4.69) is 15.5 Å². The van der Waals surface area contributed by atoms with E-state index >= 15 is 0 Å². The molecule has 0 aliphatic heterocycles. The van der Waals surface area contributed by atoms with Crippen molar-refractivity contribution < 1.29 is 18.7 Å². The van der Waals surface area contributed by atoms with Gasteiger partial charge in [0.1, 0.15) is 5.82 Å². The highest BCUT2D eigenvalue weighted by Gasteiger charge is 2.20. The molecule has 0 fully saturated rings. The van der Waals surface area contributed by atoms with Crippen LogP contribution in [0.4, 0.5) is 10.1 Å². The third kappa shape index (κ3) is 4.68. The second kappa shape index (κ2) is 8.95. The molecule has 0 aliphatic carbocycles. The number of thioether (sulfide) groups is 1. The fraction of sp³-hybridized carbons (Fsp3) is 0.250. The second-order valence-electron chi connectivity index (χ2n) is 6.19. The van der Waals surface area contributed by atoms with Gasteiger partial charge in [0, 0.05) is 24.4 Å². The van der Waals surface area contributed by atoms with Gasteiger partial charge in [0.2, 0.25) is 5.91 Å². The molecule has 0 unspecified atom stereocenters. The zero-order chi connectivity index (χ0) is 21.0. The van der Waals surface area contributed by atoms with Crippen molar-refractivity contribution in [1.29, 1.82) is 0 Å². The number of nitrogens with zero attached hydrogens (tertiary/aromatic N) is 3. The average molecular weight is 416 g/mol. The number of methoxy groups -OCH3 is 2. The predicted octanol–water partition coefficient (Wildman–Crippen LogP) is 3.76. The normalized spacial score (nSPS) is 11.8. The molecule has 7 nitrogen and oxygen atoms in total. The number of ether oxygens (including phenoxy) is 2. The molecule has 1 N–H and O–H groups in total. The van der Waals surface area contributed by atoms with Crippen LogP contribution in [0.1, 0.15) is 6.92 Å². The molecule has 0 saturated heterocycles. The first-order valence-corrected chi connectivity index (χ1v) is 9.65. The summed E-state index contributed by atoms with van der Waals surface area (Å²) in [6.45, 7) is 1.78. The molecule has 0 radical (unpaired) electrons. The summed E-state index contributed by atoms with van der Waals surface area (Å²) in [5.74, 6) is 1.21. The fourth-order valence-electron chi connectivity index (χ4n) is 2.64. The monoisotopic (exact) mass is 416 g/mol. The summed E-state index contributed by atoms with van der Waals surface area (Å²) in [4.78, 5) is 12.6. The Bertz CT molecular complexity index is 1010. The summed E-state index contributed by atoms with van der Waals surface area (Å²) in [7, 11) is 4.89. The maximum Gasteiger partial charge on any atom is 0.237 e. The van der Waals surface area contributed by atoms with E-state index in [0.717, 1.165) is 5.56 Å². The standard InChI is InChI=1S/C20H21FN4O3S/c1-12(19(26)22-15-9-10-16(27-3)17(11-15)28-4)29-20-24-23-18(25(20)2)13-5-7-14(21)8-6-13/h5-12H,1-4H3,(H,22,26)/t12-/m1/s1. The molecule has 0 bridgehead atoms. The van der Waals surface area contributed by atoms with E-state index in [9.17, 15) is 9.18 Å². The van der Waals surface area contributed by atoms with Crippen LogP contribution in [-0.2, 0) is 11.8 Å². The molecular weight excluding hydrogens is 395 g/mol. The minimum Gasteiger partial charge on any atom is -0.493 e. The summed E-state index contributed by atoms with van der Waals surface area (Å²) in [6, 6.07) is 11.2. The predicted molar refractivity (Wildman–Crippen MR) is 110 cm³/mol. The highest BCUT2D eigenvalue weighted by molar-refractivity contribution is 8.00. The molecule has 3 aromatic rings. The summed E-state index contributed by atoms with van der Waals surface area (Å²) in [5.41, 5.74) is 1.35. The quantitative estimate of drug-likeness (QED) is 0.591. The summed E-state index contributed by atoms with van der Waals surface area (Å²) in [6.07, 6.45) is 0. The first-order valence-electron chi connectivity index (χ1n) is 8.77. The molecule has 0 saturated carbocycles. The van der Waals surface area contributed by atoms with Crippen molar-refractivity contribution in [3.8, 4) is 22.9 Å². The number of benzene rings is 2. The van der Waals surface area contributed by atoms with Gasteiger partial charge in [-0.25, -0.2) is 4.39 Å². The SMILES string of the molecule is COc1ccc(NC(=O)[C@@H](C)Sc2nnc(-c3ccc(F)cc3)n2C)cc1OC. The van der Waals surface area contributed by atoms with Crippen molar-refractivity contribution in [3.63, 3.8) is 0 Å². The number of carbonyl (C=O) groups excluding carboxylic acids is 1. The van der Waals surface area contributed by atoms with Crippen molar-refractivity contribution in [1.82, 2.24) is 14.8 Å². The van der Waals surface area contributed by atoms with E-state index < -0.39 is 5.25 Å². The van der Waals surface area contributed by atoms with Gasteiger partial charge in [-0.2, -0.15) is 0 Å². The third-order valence-electron chi connectivity index (χ3n) is 4.24. The van der Waals surface area contributed by atoms with Crippen molar-refractivity contribution in [2.24, 2.45) is 7.05 Å². The Kier molecular flexibility index (Phi) is 6.38. The number of hydrogen-bond donors (Lipinski definition) is 1. The van der Waals surface area contributed by atoms with Crippen LogP contribution >= 0.6 is 11.8 Å². The molecule has 9 heteroatoms. The van der Waals surface area contributed by atoms with E-state index in [1.165, 1.54) is 31.0 Å². The lowest BCUT2D eigenvalue weighted by molar-refractivity contribution is -0.115. The lowest BCUT2D eigenvalue weighted by Crippen LogP contribution is -2.22. The van der Waals surface area contributed by atoms with Crippen LogP contribution in [0.15, 0.2) is 47.6 Å². The average Bonchev–Trinajstić information content (AvgIpc) is 3.08. The Labute approximate surface area is 172 Å². The van der Waals surface area contributed by atoms with E-state index in [1.807, 2.05) is 0 Å². The molecule has 1 aromatic heterocycles. The Morgan fingerprint density at radius 1 is 1.10 bits per heavy atom. The van der Waals surface area contributed by atoms with Gasteiger partial charge in [0.15, 0.2) is 22.5 Å². The smallest absolute Gasteiger partial charge is 0.237 e. The number of nitrogens with one attached hydrogen (secondary N) is 1. The number of rotatable bonds is 7. The fourth-order valence-corrected chi connectivity index (χ4v) is 3.45. The molecule has 2 aromatic carbocycles. The number of aromatic nitrogens is 3. The van der Waals surface area contributed by atoms with Crippen molar-refractivity contribution >= 4 is 23.4 Å². The highest BCUT2D eigenvalue weighted by Crippen LogP contribution is 2.31. The topological polar surface area (TPSA) is 78.3 Å². The molecular formula is C20H21FN4O3S. The Morgan fingerprint density at radius 3 is 2.45 bits per heavy atom. The number of halogens is 1. The second-order valence-corrected chi connectivity index (χ2v) is 7.50. The van der Waals surface area contributed by atoms with Gasteiger partial charge in [-0.15, -0.1) is 10.2 Å². The van der Waals surface area contributed by atoms with Crippen LogP contribution in [-0.4, -0.2) is 40.1 Å². The third-order valence-corrected chi connectivity index (χ3v) is 5.37. The lowest BCUT2D eigenvalue weighted by Gasteiger charge is -2.13. The Hall–Kier alpha value is -3.07. The zero-order valence-electron chi connectivity index (χ0n) is 16.5. The summed E-state index contributed by atoms with van der Waals surface area (Å²) in [5, 5.41) is 11.3. The molecule has 1 amide bonds. The van der Waals surface area contributed by atoms with E-state index in [-0.39, 0.29) is 11.7 Å². The maximum atomic E-state index is 13.1. The molecule has 1 heterocycles. The van der Waals surface area contributed by atoms with Gasteiger partial charge in [-0.3, -0.25) is 4.79 Å². The summed E-state index contributed by atoms with van der Waals surface area (Å²) < 4.78 is 25.4. The lowest BCUT2D eigenvalue weighted by atomic mass is 10.2. The van der Waals surface area contributed by atoms with Gasteiger partial charge in [0.05, 0.1) is 19.5 Å². The molecule has 0 aliphatic rings. The molecule has 152 valence electrons. The molecule has 0 spiro atoms. The van der Waals surface area contributed by atoms with Crippen LogP contribution in [0.3, 0.4) is 0 Å². The van der Waals surface area contributed by atoms with Gasteiger partial charge >= 0.3 is 0 Å². The first-order chi connectivity index (χ1) is 13.9. The number of amides is 1. The Morgan fingerprint density at radius 2 is 1.79 bits per heavy atom. The van der Waals surface area contributed by atoms with Crippen LogP contribution < -0.4 is 14.8 Å². The number of anilines is 1. The minimum absolute atomic E-state index is 0.187. The minimum atomic E-state index is -0.424. The van der Waals surface area contributed by atoms with Gasteiger partial charge in [-0.05, 0) is 43.3 Å². The van der Waals surface area contributed by atoms with Gasteiger partial charge in [0.25, 0.3) is 0 Å². The van der Waals surface area contributed by atoms with Crippen LogP contribution in [0.5, 0.6) is 11.5 Å². The van der Waals surface area contributed by atoms with Crippen LogP contribution in [0.2, 0.25) is 0 Å². The maximum absolute atomic E-state index is 13.1. The molecule has 1 atom stereocenters. The number of hydrogen-bond acceptors (Lipinski definition) is 6. The van der Waals surface area contributed by atoms with Crippen molar-refractivity contribution in [3.05, 3.63) is 48.3 Å². The number of carbonyl (C=O) groups is 1. The molecule has 29 heavy (non-hydrogen) atoms. The first kappa shape index (κ1) is 20.7. The van der Waals surface area contributed by atoms with Crippen molar-refractivity contribution in [2.45, 2.75) is 17.3 Å². The molecule has 3 rings (SSSR count). The largest absolute Gasteiger partial charge is 0.493 e. The van der Waals surface area contributed by atoms with Crippen LogP contribution in [0.25, 0.3) is 11.4 Å². The summed E-state index contributed by atoms with van der Waals surface area (Å²) >= 11 is 1.28. The Balaban J connectivity index is 1.69. The van der Waals surface area contributed by atoms with Crippen molar-refractivity contribution in [2.75, 3.05) is 19.5 Å². The van der Waals surface area contributed by atoms with E-state index in [4.69, 9.17) is 9.47 Å². The highest BCUT2D eigenvalue weighted by atomic mass is 32.2. The van der Waals surface area contributed by atoms with E-state index in [0.29, 0.717) is 28.2 Å². The van der Waals surface area contributed by atoms with E-state index in [1.54, 1.807) is 56.0 Å². The van der Waals surface area contributed by atoms with Gasteiger partial charge < -0.3 is 19.4 Å².